The van der Waals surface area contributed by atoms with E-state index in [1.165, 1.54) is 12.1 Å². The molecule has 5 nitrogen and oxygen atoms in total. The van der Waals surface area contributed by atoms with Crippen LogP contribution in [0, 0.1) is 12.7 Å². The van der Waals surface area contributed by atoms with Gasteiger partial charge in [0, 0.05) is 18.9 Å². The molecular formula is C13H15FN4O. The Kier molecular flexibility index (Phi) is 3.91. The van der Waals surface area contributed by atoms with Crippen LogP contribution in [0.2, 0.25) is 0 Å². The van der Waals surface area contributed by atoms with Crippen molar-refractivity contribution in [2.24, 2.45) is 0 Å². The fourth-order valence-electron chi connectivity index (χ4n) is 1.73. The van der Waals surface area contributed by atoms with Crippen molar-refractivity contribution in [3.8, 4) is 0 Å². The van der Waals surface area contributed by atoms with E-state index >= 15 is 0 Å². The zero-order valence-electron chi connectivity index (χ0n) is 10.8. The maximum Gasteiger partial charge on any atom is 0.158 e. The number of nitrogens with zero attached hydrogens (tertiary/aromatic N) is 2. The van der Waals surface area contributed by atoms with Crippen molar-refractivity contribution in [3.05, 3.63) is 41.5 Å². The molecule has 100 valence electrons. The van der Waals surface area contributed by atoms with E-state index in [1.807, 2.05) is 13.0 Å². The molecule has 0 saturated heterocycles. The highest BCUT2D eigenvalue weighted by atomic mass is 19.1. The standard InChI is InChI=1S/C13H15FN4O/c1-8-3-9(14)5-10(4-8)16-12-6-11(15)17-13(18-12)7-19-2/h3-6H,7H2,1-2H3,(H3,15,16,17,18). The number of hydrogen-bond donors (Lipinski definition) is 2. The molecule has 0 radical (unpaired) electrons. The van der Waals surface area contributed by atoms with Gasteiger partial charge >= 0.3 is 0 Å². The van der Waals surface area contributed by atoms with E-state index in [0.717, 1.165) is 5.56 Å². The molecule has 0 aliphatic carbocycles. The molecule has 0 atom stereocenters. The quantitative estimate of drug-likeness (QED) is 0.885. The van der Waals surface area contributed by atoms with Gasteiger partial charge in [0.2, 0.25) is 0 Å². The fourth-order valence-corrected chi connectivity index (χ4v) is 1.73. The molecule has 0 fully saturated rings. The van der Waals surface area contributed by atoms with Gasteiger partial charge in [-0.15, -0.1) is 0 Å². The third kappa shape index (κ3) is 3.62. The Labute approximate surface area is 110 Å². The Morgan fingerprint density at radius 3 is 2.74 bits per heavy atom. The van der Waals surface area contributed by atoms with Crippen LogP contribution >= 0.6 is 0 Å². The number of methoxy groups -OCH3 is 1. The first kappa shape index (κ1) is 13.2. The number of benzene rings is 1. The van der Waals surface area contributed by atoms with Crippen LogP contribution in [0.1, 0.15) is 11.4 Å². The molecule has 0 unspecified atom stereocenters. The highest BCUT2D eigenvalue weighted by Crippen LogP contribution is 2.19. The first-order valence-corrected chi connectivity index (χ1v) is 5.73. The molecule has 0 amide bonds. The van der Waals surface area contributed by atoms with Gasteiger partial charge < -0.3 is 15.8 Å². The molecule has 3 N–H and O–H groups in total. The number of nitrogens with one attached hydrogen (secondary N) is 1. The van der Waals surface area contributed by atoms with Crippen molar-refractivity contribution in [2.75, 3.05) is 18.2 Å². The van der Waals surface area contributed by atoms with Crippen LogP contribution in [0.4, 0.5) is 21.7 Å². The monoisotopic (exact) mass is 262 g/mol. The number of aryl methyl sites for hydroxylation is 1. The molecule has 1 aromatic carbocycles. The molecule has 2 rings (SSSR count). The minimum atomic E-state index is -0.304. The normalized spacial score (nSPS) is 10.5. The zero-order valence-corrected chi connectivity index (χ0v) is 10.8. The van der Waals surface area contributed by atoms with Crippen LogP contribution in [0.25, 0.3) is 0 Å². The van der Waals surface area contributed by atoms with Gasteiger partial charge in [-0.3, -0.25) is 0 Å². The number of nitrogens with two attached hydrogens (primary N) is 1. The van der Waals surface area contributed by atoms with E-state index in [1.54, 1.807) is 13.2 Å². The van der Waals surface area contributed by atoms with Crippen LogP contribution < -0.4 is 11.1 Å². The van der Waals surface area contributed by atoms with E-state index in [-0.39, 0.29) is 12.4 Å². The van der Waals surface area contributed by atoms with Crippen molar-refractivity contribution in [3.63, 3.8) is 0 Å². The van der Waals surface area contributed by atoms with Crippen molar-refractivity contribution in [1.82, 2.24) is 9.97 Å². The minimum Gasteiger partial charge on any atom is -0.384 e. The second kappa shape index (κ2) is 5.62. The topological polar surface area (TPSA) is 73.1 Å². The first-order valence-electron chi connectivity index (χ1n) is 5.73. The molecule has 1 aromatic heterocycles. The van der Waals surface area contributed by atoms with Crippen LogP contribution in [-0.4, -0.2) is 17.1 Å². The van der Waals surface area contributed by atoms with Gasteiger partial charge in [0.1, 0.15) is 24.1 Å². The summed E-state index contributed by atoms with van der Waals surface area (Å²) in [5.41, 5.74) is 7.11. The van der Waals surface area contributed by atoms with Gasteiger partial charge in [0.25, 0.3) is 0 Å². The number of aromatic nitrogens is 2. The predicted molar refractivity (Wildman–Crippen MR) is 71.6 cm³/mol. The van der Waals surface area contributed by atoms with Crippen molar-refractivity contribution >= 4 is 17.3 Å². The molecule has 6 heteroatoms. The molecule has 0 aliphatic rings. The second-order valence-electron chi connectivity index (χ2n) is 4.17. The Bertz CT molecular complexity index is 569. The lowest BCUT2D eigenvalue weighted by atomic mass is 10.2. The van der Waals surface area contributed by atoms with E-state index in [9.17, 15) is 4.39 Å². The number of anilines is 3. The maximum atomic E-state index is 13.3. The smallest absolute Gasteiger partial charge is 0.158 e. The summed E-state index contributed by atoms with van der Waals surface area (Å²) in [6.45, 7) is 2.08. The lowest BCUT2D eigenvalue weighted by Gasteiger charge is -2.09. The van der Waals surface area contributed by atoms with Crippen LogP contribution in [0.3, 0.4) is 0 Å². The van der Waals surface area contributed by atoms with E-state index < -0.39 is 0 Å². The zero-order chi connectivity index (χ0) is 13.8. The SMILES string of the molecule is COCc1nc(N)cc(Nc2cc(C)cc(F)c2)n1. The predicted octanol–water partition coefficient (Wildman–Crippen LogP) is 2.40. The average Bonchev–Trinajstić information content (AvgIpc) is 2.26. The van der Waals surface area contributed by atoms with E-state index in [2.05, 4.69) is 15.3 Å². The molecule has 0 bridgehead atoms. The van der Waals surface area contributed by atoms with Gasteiger partial charge in [-0.2, -0.15) is 0 Å². The van der Waals surface area contributed by atoms with E-state index in [0.29, 0.717) is 23.1 Å². The fraction of sp³-hybridized carbons (Fsp3) is 0.231. The second-order valence-corrected chi connectivity index (χ2v) is 4.17. The summed E-state index contributed by atoms with van der Waals surface area (Å²) < 4.78 is 18.3. The van der Waals surface area contributed by atoms with Gasteiger partial charge in [-0.05, 0) is 30.7 Å². The molecule has 0 spiro atoms. The first-order chi connectivity index (χ1) is 9.06. The Hall–Kier alpha value is -2.21. The van der Waals surface area contributed by atoms with Crippen molar-refractivity contribution in [2.45, 2.75) is 13.5 Å². The summed E-state index contributed by atoms with van der Waals surface area (Å²) in [6.07, 6.45) is 0. The molecule has 0 aliphatic heterocycles. The summed E-state index contributed by atoms with van der Waals surface area (Å²) in [4.78, 5) is 8.26. The van der Waals surface area contributed by atoms with Crippen LogP contribution in [0.5, 0.6) is 0 Å². The number of hydrogen-bond acceptors (Lipinski definition) is 5. The van der Waals surface area contributed by atoms with Crippen molar-refractivity contribution < 1.29 is 9.13 Å². The molecular weight excluding hydrogens is 247 g/mol. The van der Waals surface area contributed by atoms with Crippen molar-refractivity contribution in [1.29, 1.82) is 0 Å². The molecule has 1 heterocycles. The maximum absolute atomic E-state index is 13.3. The van der Waals surface area contributed by atoms with E-state index in [4.69, 9.17) is 10.5 Å². The third-order valence-electron chi connectivity index (χ3n) is 2.38. The lowest BCUT2D eigenvalue weighted by Crippen LogP contribution is -2.04. The highest BCUT2D eigenvalue weighted by Gasteiger charge is 2.04. The third-order valence-corrected chi connectivity index (χ3v) is 2.38. The summed E-state index contributed by atoms with van der Waals surface area (Å²) >= 11 is 0. The summed E-state index contributed by atoms with van der Waals surface area (Å²) in [7, 11) is 1.55. The minimum absolute atomic E-state index is 0.266. The Morgan fingerprint density at radius 2 is 2.05 bits per heavy atom. The number of rotatable bonds is 4. The number of nitrogen functional groups attached to an aromatic ring is 1. The molecule has 2 aromatic rings. The summed E-state index contributed by atoms with van der Waals surface area (Å²) in [6, 6.07) is 6.24. The molecule has 0 saturated carbocycles. The Balaban J connectivity index is 2.27. The molecule has 19 heavy (non-hydrogen) atoms. The van der Waals surface area contributed by atoms with Gasteiger partial charge in [-0.25, -0.2) is 14.4 Å². The highest BCUT2D eigenvalue weighted by molar-refractivity contribution is 5.59. The lowest BCUT2D eigenvalue weighted by molar-refractivity contribution is 0.178. The van der Waals surface area contributed by atoms with Crippen LogP contribution in [0.15, 0.2) is 24.3 Å². The van der Waals surface area contributed by atoms with Gasteiger partial charge in [0.05, 0.1) is 0 Å². The number of halogens is 1. The van der Waals surface area contributed by atoms with Gasteiger partial charge in [-0.1, -0.05) is 0 Å². The number of ether oxygens (including phenoxy) is 1. The van der Waals surface area contributed by atoms with Gasteiger partial charge in [0.15, 0.2) is 5.82 Å². The van der Waals surface area contributed by atoms with Crippen LogP contribution in [-0.2, 0) is 11.3 Å². The summed E-state index contributed by atoms with van der Waals surface area (Å²) in [5, 5.41) is 3.00. The largest absolute Gasteiger partial charge is 0.384 e. The average molecular weight is 262 g/mol. The summed E-state index contributed by atoms with van der Waals surface area (Å²) in [5.74, 6) is 1.00. The Morgan fingerprint density at radius 1 is 1.26 bits per heavy atom.